The lowest BCUT2D eigenvalue weighted by Crippen LogP contribution is -2.42. The molecule has 1 aliphatic rings. The smallest absolute Gasteiger partial charge is 0.236 e. The summed E-state index contributed by atoms with van der Waals surface area (Å²) in [4.78, 5) is 24.9. The first-order valence-electron chi connectivity index (χ1n) is 6.45. The van der Waals surface area contributed by atoms with Crippen LogP contribution in [0.1, 0.15) is 33.1 Å². The summed E-state index contributed by atoms with van der Waals surface area (Å²) >= 11 is 0. The van der Waals surface area contributed by atoms with Gasteiger partial charge in [-0.3, -0.25) is 9.59 Å². The van der Waals surface area contributed by atoms with Gasteiger partial charge in [-0.1, -0.05) is 0 Å². The molecule has 0 aromatic carbocycles. The van der Waals surface area contributed by atoms with Crippen LogP contribution in [0.3, 0.4) is 0 Å². The molecular weight excluding hydrogens is 218 g/mol. The molecular formula is C12H23N3O2. The molecule has 0 spiro atoms. The fourth-order valence-corrected chi connectivity index (χ4v) is 2.07. The van der Waals surface area contributed by atoms with Crippen molar-refractivity contribution in [2.75, 3.05) is 26.2 Å². The predicted molar refractivity (Wildman–Crippen MR) is 66.6 cm³/mol. The van der Waals surface area contributed by atoms with Crippen LogP contribution in [0.4, 0.5) is 0 Å². The average Bonchev–Trinajstić information content (AvgIpc) is 2.52. The van der Waals surface area contributed by atoms with E-state index in [0.717, 1.165) is 32.5 Å². The molecule has 1 aliphatic heterocycles. The summed E-state index contributed by atoms with van der Waals surface area (Å²) in [6.45, 7) is 6.51. The zero-order chi connectivity index (χ0) is 12.7. The van der Waals surface area contributed by atoms with Gasteiger partial charge in [0.2, 0.25) is 11.8 Å². The van der Waals surface area contributed by atoms with E-state index < -0.39 is 0 Å². The first-order chi connectivity index (χ1) is 8.17. The topological polar surface area (TPSA) is 61.4 Å². The maximum atomic E-state index is 11.8. The minimum absolute atomic E-state index is 0.0790. The minimum atomic E-state index is 0.0790. The van der Waals surface area contributed by atoms with Crippen molar-refractivity contribution in [1.29, 1.82) is 0 Å². The van der Waals surface area contributed by atoms with Gasteiger partial charge in [-0.05, 0) is 26.7 Å². The molecule has 0 aromatic rings. The lowest BCUT2D eigenvalue weighted by atomic mass is 10.1. The lowest BCUT2D eigenvalue weighted by molar-refractivity contribution is -0.130. The first kappa shape index (κ1) is 14.0. The van der Waals surface area contributed by atoms with E-state index in [9.17, 15) is 9.59 Å². The van der Waals surface area contributed by atoms with E-state index in [1.807, 2.05) is 13.8 Å². The normalized spacial score (nSPS) is 20.6. The van der Waals surface area contributed by atoms with Crippen molar-refractivity contribution in [2.45, 2.75) is 39.2 Å². The quantitative estimate of drug-likeness (QED) is 0.718. The van der Waals surface area contributed by atoms with E-state index >= 15 is 0 Å². The number of nitrogens with one attached hydrogen (secondary N) is 2. The van der Waals surface area contributed by atoms with Crippen LogP contribution in [0.25, 0.3) is 0 Å². The number of nitrogens with zero attached hydrogens (tertiary/aromatic N) is 1. The monoisotopic (exact) mass is 241 g/mol. The van der Waals surface area contributed by atoms with Gasteiger partial charge in [-0.25, -0.2) is 0 Å². The molecule has 2 amide bonds. The summed E-state index contributed by atoms with van der Waals surface area (Å²) in [5.41, 5.74) is 0. The third kappa shape index (κ3) is 4.73. The Balaban J connectivity index is 2.33. The summed E-state index contributed by atoms with van der Waals surface area (Å²) in [6.07, 6.45) is 2.40. The second-order valence-electron chi connectivity index (χ2n) is 4.34. The summed E-state index contributed by atoms with van der Waals surface area (Å²) in [5.74, 6) is 0.190. The molecule has 1 unspecified atom stereocenters. The Bertz CT molecular complexity index is 264. The Morgan fingerprint density at radius 2 is 2.18 bits per heavy atom. The highest BCUT2D eigenvalue weighted by Crippen LogP contribution is 2.05. The molecule has 1 fully saturated rings. The number of rotatable bonds is 5. The third-order valence-electron chi connectivity index (χ3n) is 3.14. The van der Waals surface area contributed by atoms with Gasteiger partial charge in [0.1, 0.15) is 0 Å². The molecule has 5 nitrogen and oxygen atoms in total. The van der Waals surface area contributed by atoms with Crippen molar-refractivity contribution in [1.82, 2.24) is 15.5 Å². The van der Waals surface area contributed by atoms with E-state index in [1.165, 1.54) is 0 Å². The molecule has 1 saturated heterocycles. The molecule has 0 radical (unpaired) electrons. The predicted octanol–water partition coefficient (Wildman–Crippen LogP) is 0.113. The lowest BCUT2D eigenvalue weighted by Gasteiger charge is -2.21. The fraction of sp³-hybridized carbons (Fsp3) is 0.833. The molecule has 1 heterocycles. The first-order valence-corrected chi connectivity index (χ1v) is 6.45. The fourth-order valence-electron chi connectivity index (χ4n) is 2.07. The van der Waals surface area contributed by atoms with E-state index in [-0.39, 0.29) is 17.9 Å². The average molecular weight is 241 g/mol. The second kappa shape index (κ2) is 7.27. The van der Waals surface area contributed by atoms with Crippen LogP contribution < -0.4 is 10.6 Å². The standard InChI is InChI=1S/C12H23N3O2/c1-3-15(4-2)12(17)9-14-10-6-5-7-13-11(16)8-10/h10,14H,3-9H2,1-2H3,(H,13,16). The zero-order valence-corrected chi connectivity index (χ0v) is 10.8. The van der Waals surface area contributed by atoms with Crippen LogP contribution >= 0.6 is 0 Å². The Morgan fingerprint density at radius 1 is 1.47 bits per heavy atom. The third-order valence-corrected chi connectivity index (χ3v) is 3.14. The molecule has 2 N–H and O–H groups in total. The summed E-state index contributed by atoms with van der Waals surface area (Å²) < 4.78 is 0. The van der Waals surface area contributed by atoms with Gasteiger partial charge in [0, 0.05) is 32.1 Å². The van der Waals surface area contributed by atoms with Crippen molar-refractivity contribution in [3.05, 3.63) is 0 Å². The molecule has 0 bridgehead atoms. The summed E-state index contributed by atoms with van der Waals surface area (Å²) in [5, 5.41) is 6.02. The highest BCUT2D eigenvalue weighted by atomic mass is 16.2. The van der Waals surface area contributed by atoms with Crippen LogP contribution in [0.15, 0.2) is 0 Å². The number of hydrogen-bond acceptors (Lipinski definition) is 3. The molecule has 98 valence electrons. The van der Waals surface area contributed by atoms with Gasteiger partial charge in [0.05, 0.1) is 6.54 Å². The van der Waals surface area contributed by atoms with Crippen molar-refractivity contribution >= 4 is 11.8 Å². The molecule has 0 aromatic heterocycles. The van der Waals surface area contributed by atoms with Crippen LogP contribution in [-0.2, 0) is 9.59 Å². The Kier molecular flexibility index (Phi) is 5.97. The van der Waals surface area contributed by atoms with Crippen LogP contribution in [-0.4, -0.2) is 48.9 Å². The van der Waals surface area contributed by atoms with Crippen LogP contribution in [0.5, 0.6) is 0 Å². The van der Waals surface area contributed by atoms with Gasteiger partial charge >= 0.3 is 0 Å². The van der Waals surface area contributed by atoms with Crippen molar-refractivity contribution in [3.8, 4) is 0 Å². The van der Waals surface area contributed by atoms with Crippen molar-refractivity contribution in [2.24, 2.45) is 0 Å². The summed E-state index contributed by atoms with van der Waals surface area (Å²) in [6, 6.07) is 0.136. The van der Waals surface area contributed by atoms with Crippen LogP contribution in [0, 0.1) is 0 Å². The SMILES string of the molecule is CCN(CC)C(=O)CNC1CCCNC(=O)C1. The number of amides is 2. The van der Waals surface area contributed by atoms with Gasteiger partial charge < -0.3 is 15.5 Å². The molecule has 1 rings (SSSR count). The van der Waals surface area contributed by atoms with Gasteiger partial charge in [-0.15, -0.1) is 0 Å². The maximum absolute atomic E-state index is 11.8. The van der Waals surface area contributed by atoms with Crippen molar-refractivity contribution < 1.29 is 9.59 Å². The largest absolute Gasteiger partial charge is 0.356 e. The van der Waals surface area contributed by atoms with E-state index in [0.29, 0.717) is 13.0 Å². The maximum Gasteiger partial charge on any atom is 0.236 e. The molecule has 1 atom stereocenters. The molecule has 0 aliphatic carbocycles. The Labute approximate surface area is 103 Å². The van der Waals surface area contributed by atoms with E-state index in [2.05, 4.69) is 10.6 Å². The Hall–Kier alpha value is -1.10. The molecule has 5 heteroatoms. The Morgan fingerprint density at radius 3 is 2.82 bits per heavy atom. The second-order valence-corrected chi connectivity index (χ2v) is 4.34. The number of likely N-dealkylation sites (N-methyl/N-ethyl adjacent to an activating group) is 1. The number of hydrogen-bond donors (Lipinski definition) is 2. The van der Waals surface area contributed by atoms with Gasteiger partial charge in [0.15, 0.2) is 0 Å². The van der Waals surface area contributed by atoms with Crippen LogP contribution in [0.2, 0.25) is 0 Å². The molecule has 0 saturated carbocycles. The highest BCUT2D eigenvalue weighted by Gasteiger charge is 2.18. The van der Waals surface area contributed by atoms with E-state index in [4.69, 9.17) is 0 Å². The number of carbonyl (C=O) groups excluding carboxylic acids is 2. The highest BCUT2D eigenvalue weighted by molar-refractivity contribution is 5.79. The zero-order valence-electron chi connectivity index (χ0n) is 10.8. The minimum Gasteiger partial charge on any atom is -0.356 e. The van der Waals surface area contributed by atoms with Gasteiger partial charge in [0.25, 0.3) is 0 Å². The summed E-state index contributed by atoms with van der Waals surface area (Å²) in [7, 11) is 0. The number of carbonyl (C=O) groups is 2. The van der Waals surface area contributed by atoms with Gasteiger partial charge in [-0.2, -0.15) is 0 Å². The molecule has 17 heavy (non-hydrogen) atoms. The van der Waals surface area contributed by atoms with Crippen molar-refractivity contribution in [3.63, 3.8) is 0 Å². The van der Waals surface area contributed by atoms with E-state index in [1.54, 1.807) is 4.90 Å².